The first-order chi connectivity index (χ1) is 9.13. The van der Waals surface area contributed by atoms with E-state index in [9.17, 15) is 0 Å². The molecule has 0 atom stereocenters. The third-order valence-corrected chi connectivity index (χ3v) is 4.28. The largest absolute Gasteiger partial charge is 0.353 e. The molecule has 19 heavy (non-hydrogen) atoms. The molecule has 2 fully saturated rings. The van der Waals surface area contributed by atoms with Crippen LogP contribution in [0.3, 0.4) is 0 Å². The van der Waals surface area contributed by atoms with Crippen molar-refractivity contribution in [1.29, 1.82) is 0 Å². The van der Waals surface area contributed by atoms with Crippen molar-refractivity contribution in [2.45, 2.75) is 57.9 Å². The summed E-state index contributed by atoms with van der Waals surface area (Å²) in [5.41, 5.74) is 0. The van der Waals surface area contributed by atoms with Gasteiger partial charge in [-0.25, -0.2) is 9.97 Å². The van der Waals surface area contributed by atoms with E-state index in [2.05, 4.69) is 45.7 Å². The Hall–Kier alpha value is -0.640. The Bertz CT molecular complexity index is 453. The van der Waals surface area contributed by atoms with Crippen molar-refractivity contribution in [3.63, 3.8) is 0 Å². The molecular weight excluding hydrogens is 302 g/mol. The molecule has 0 N–H and O–H groups in total. The van der Waals surface area contributed by atoms with Gasteiger partial charge in [0.15, 0.2) is 0 Å². The number of aromatic nitrogens is 2. The summed E-state index contributed by atoms with van der Waals surface area (Å²) < 4.78 is 0.939. The van der Waals surface area contributed by atoms with Crippen LogP contribution in [-0.4, -0.2) is 22.6 Å². The third-order valence-electron chi connectivity index (χ3n) is 3.87. The molecule has 0 aliphatic heterocycles. The Labute approximate surface area is 124 Å². The molecule has 0 aromatic carbocycles. The molecule has 2 aliphatic rings. The van der Waals surface area contributed by atoms with Crippen LogP contribution in [0.2, 0.25) is 0 Å². The Balaban J connectivity index is 1.80. The molecule has 3 nitrogen and oxygen atoms in total. The Morgan fingerprint density at radius 2 is 2.00 bits per heavy atom. The molecule has 0 radical (unpaired) electrons. The fraction of sp³-hybridized carbons (Fsp3) is 0.733. The average molecular weight is 324 g/mol. The molecule has 0 amide bonds. The first-order valence-corrected chi connectivity index (χ1v) is 8.24. The molecule has 104 valence electrons. The quantitative estimate of drug-likeness (QED) is 0.737. The van der Waals surface area contributed by atoms with Crippen molar-refractivity contribution < 1.29 is 0 Å². The van der Waals surface area contributed by atoms with Crippen LogP contribution < -0.4 is 4.90 Å². The summed E-state index contributed by atoms with van der Waals surface area (Å²) in [5, 5.41) is 0. The summed E-state index contributed by atoms with van der Waals surface area (Å²) in [6, 6.07) is 2.80. The molecule has 4 heteroatoms. The second-order valence-corrected chi connectivity index (χ2v) is 7.10. The van der Waals surface area contributed by atoms with Gasteiger partial charge in [0.1, 0.15) is 16.2 Å². The van der Waals surface area contributed by atoms with E-state index >= 15 is 0 Å². The van der Waals surface area contributed by atoms with E-state index in [4.69, 9.17) is 4.98 Å². The number of anilines is 1. The van der Waals surface area contributed by atoms with E-state index in [1.807, 2.05) is 0 Å². The molecule has 2 aliphatic carbocycles. The third kappa shape index (κ3) is 3.47. The van der Waals surface area contributed by atoms with E-state index in [1.165, 1.54) is 32.1 Å². The summed E-state index contributed by atoms with van der Waals surface area (Å²) >= 11 is 3.55. The van der Waals surface area contributed by atoms with Gasteiger partial charge in [-0.15, -0.1) is 0 Å². The Kier molecular flexibility index (Phi) is 3.79. The second kappa shape index (κ2) is 5.39. The van der Waals surface area contributed by atoms with Gasteiger partial charge in [-0.05, 0) is 54.0 Å². The fourth-order valence-corrected chi connectivity index (χ4v) is 2.75. The van der Waals surface area contributed by atoms with Crippen LogP contribution in [0.5, 0.6) is 0 Å². The van der Waals surface area contributed by atoms with Gasteiger partial charge in [-0.3, -0.25) is 0 Å². The second-order valence-electron chi connectivity index (χ2n) is 6.29. The van der Waals surface area contributed by atoms with Crippen molar-refractivity contribution >= 4 is 21.7 Å². The molecule has 0 unspecified atom stereocenters. The lowest BCUT2D eigenvalue weighted by Gasteiger charge is -2.25. The zero-order valence-corrected chi connectivity index (χ0v) is 13.4. The number of rotatable bonds is 6. The van der Waals surface area contributed by atoms with Gasteiger partial charge in [-0.1, -0.05) is 13.8 Å². The fourth-order valence-electron chi connectivity index (χ4n) is 2.36. The van der Waals surface area contributed by atoms with Gasteiger partial charge >= 0.3 is 0 Å². The highest BCUT2D eigenvalue weighted by Gasteiger charge is 2.32. The zero-order valence-electron chi connectivity index (χ0n) is 11.8. The van der Waals surface area contributed by atoms with Gasteiger partial charge in [0.2, 0.25) is 0 Å². The molecule has 0 bridgehead atoms. The highest BCUT2D eigenvalue weighted by Crippen LogP contribution is 2.40. The van der Waals surface area contributed by atoms with Crippen LogP contribution in [0.1, 0.15) is 57.7 Å². The predicted molar refractivity (Wildman–Crippen MR) is 81.5 cm³/mol. The van der Waals surface area contributed by atoms with E-state index in [1.54, 1.807) is 0 Å². The van der Waals surface area contributed by atoms with Gasteiger partial charge in [0, 0.05) is 24.6 Å². The van der Waals surface area contributed by atoms with E-state index in [0.29, 0.717) is 12.0 Å². The summed E-state index contributed by atoms with van der Waals surface area (Å²) in [4.78, 5) is 11.9. The van der Waals surface area contributed by atoms with E-state index < -0.39 is 0 Å². The summed E-state index contributed by atoms with van der Waals surface area (Å²) in [7, 11) is 0. The molecule has 1 aromatic rings. The zero-order chi connectivity index (χ0) is 13.4. The van der Waals surface area contributed by atoms with Gasteiger partial charge < -0.3 is 4.90 Å². The van der Waals surface area contributed by atoms with E-state index in [0.717, 1.165) is 28.7 Å². The summed E-state index contributed by atoms with van der Waals surface area (Å²) in [6.07, 6.45) is 6.38. The summed E-state index contributed by atoms with van der Waals surface area (Å²) in [6.45, 7) is 5.70. The minimum Gasteiger partial charge on any atom is -0.353 e. The monoisotopic (exact) mass is 323 g/mol. The minimum absolute atomic E-state index is 0.613. The number of halogens is 1. The highest BCUT2D eigenvalue weighted by atomic mass is 79.9. The van der Waals surface area contributed by atoms with Crippen LogP contribution in [0.25, 0.3) is 0 Å². The lowest BCUT2D eigenvalue weighted by molar-refractivity contribution is 0.567. The van der Waals surface area contributed by atoms with Crippen molar-refractivity contribution in [3.8, 4) is 0 Å². The minimum atomic E-state index is 0.613. The van der Waals surface area contributed by atoms with Crippen molar-refractivity contribution in [3.05, 3.63) is 16.5 Å². The average Bonchev–Trinajstić information content (AvgIpc) is 3.21. The van der Waals surface area contributed by atoms with Crippen molar-refractivity contribution in [2.75, 3.05) is 11.4 Å². The Morgan fingerprint density at radius 1 is 1.26 bits per heavy atom. The maximum atomic E-state index is 4.82. The number of nitrogens with zero attached hydrogens (tertiary/aromatic N) is 3. The van der Waals surface area contributed by atoms with Crippen LogP contribution in [0, 0.1) is 5.92 Å². The molecular formula is C15H22BrN3. The SMILES string of the molecule is CC(C)CCN(c1cc(Br)nc(C2CC2)n1)C1CC1. The smallest absolute Gasteiger partial charge is 0.135 e. The molecule has 1 heterocycles. The van der Waals surface area contributed by atoms with Crippen LogP contribution in [0.4, 0.5) is 5.82 Å². The van der Waals surface area contributed by atoms with Crippen LogP contribution in [0.15, 0.2) is 10.7 Å². The standard InChI is InChI=1S/C15H22BrN3/c1-10(2)7-8-19(12-5-6-12)14-9-13(16)17-15(18-14)11-3-4-11/h9-12H,3-8H2,1-2H3. The lowest BCUT2D eigenvalue weighted by atomic mass is 10.1. The molecule has 1 aromatic heterocycles. The maximum absolute atomic E-state index is 4.82. The number of hydrogen-bond donors (Lipinski definition) is 0. The Morgan fingerprint density at radius 3 is 2.58 bits per heavy atom. The highest BCUT2D eigenvalue weighted by molar-refractivity contribution is 9.10. The van der Waals surface area contributed by atoms with Crippen molar-refractivity contribution in [1.82, 2.24) is 9.97 Å². The predicted octanol–water partition coefficient (Wildman–Crippen LogP) is 4.13. The lowest BCUT2D eigenvalue weighted by Crippen LogP contribution is -2.29. The number of hydrogen-bond acceptors (Lipinski definition) is 3. The normalized spacial score (nSPS) is 18.9. The maximum Gasteiger partial charge on any atom is 0.135 e. The van der Waals surface area contributed by atoms with Gasteiger partial charge in [0.05, 0.1) is 0 Å². The van der Waals surface area contributed by atoms with Crippen molar-refractivity contribution in [2.24, 2.45) is 5.92 Å². The topological polar surface area (TPSA) is 29.0 Å². The molecule has 2 saturated carbocycles. The molecule has 3 rings (SSSR count). The first-order valence-electron chi connectivity index (χ1n) is 7.44. The van der Waals surface area contributed by atoms with Gasteiger partial charge in [0.25, 0.3) is 0 Å². The van der Waals surface area contributed by atoms with Crippen LogP contribution in [-0.2, 0) is 0 Å². The van der Waals surface area contributed by atoms with Gasteiger partial charge in [-0.2, -0.15) is 0 Å². The first kappa shape index (κ1) is 13.3. The van der Waals surface area contributed by atoms with E-state index in [-0.39, 0.29) is 0 Å². The van der Waals surface area contributed by atoms with Crippen LogP contribution >= 0.6 is 15.9 Å². The molecule has 0 saturated heterocycles. The molecule has 0 spiro atoms. The summed E-state index contributed by atoms with van der Waals surface area (Å²) in [5.74, 6) is 3.53.